The summed E-state index contributed by atoms with van der Waals surface area (Å²) in [6.45, 7) is 7.76. The maximum atomic E-state index is 5.50. The number of allylic oxidation sites excluding steroid dienone is 1. The Morgan fingerprint density at radius 2 is 1.31 bits per heavy atom. The molecule has 0 aliphatic carbocycles. The predicted molar refractivity (Wildman–Crippen MR) is 74.3 cm³/mol. The highest BCUT2D eigenvalue weighted by Crippen LogP contribution is 2.13. The fourth-order valence-electron chi connectivity index (χ4n) is 1.83. The van der Waals surface area contributed by atoms with Gasteiger partial charge in [0, 0.05) is 19.3 Å². The van der Waals surface area contributed by atoms with E-state index in [1.54, 1.807) is 0 Å². The highest BCUT2D eigenvalue weighted by Gasteiger charge is 1.95. The molecule has 0 fully saturated rings. The van der Waals surface area contributed by atoms with Crippen molar-refractivity contribution in [1.82, 2.24) is 0 Å². The van der Waals surface area contributed by atoms with Crippen molar-refractivity contribution in [3.8, 4) is 0 Å². The molecule has 0 N–H and O–H groups in total. The molecule has 0 amide bonds. The van der Waals surface area contributed by atoms with Gasteiger partial charge in [0.15, 0.2) is 0 Å². The van der Waals surface area contributed by atoms with Crippen LogP contribution in [0.25, 0.3) is 0 Å². The third-order valence-electron chi connectivity index (χ3n) is 2.89. The smallest absolute Gasteiger partial charge is 0.114 e. The Balaban J connectivity index is 2.96. The SMILES string of the molecule is [CH]=C(CCCCCCCCCCCC)OS. The summed E-state index contributed by atoms with van der Waals surface area (Å²) < 4.78 is 4.62. The van der Waals surface area contributed by atoms with Crippen LogP contribution in [0.15, 0.2) is 5.76 Å². The first-order valence-electron chi connectivity index (χ1n) is 6.74. The van der Waals surface area contributed by atoms with E-state index in [-0.39, 0.29) is 0 Å². The molecule has 0 aliphatic heterocycles. The fraction of sp³-hybridized carbons (Fsp3) is 0.857. The van der Waals surface area contributed by atoms with Crippen LogP contribution in [0.3, 0.4) is 0 Å². The first kappa shape index (κ1) is 15.9. The summed E-state index contributed by atoms with van der Waals surface area (Å²) >= 11 is 3.65. The van der Waals surface area contributed by atoms with Crippen LogP contribution in [-0.4, -0.2) is 0 Å². The number of rotatable bonds is 12. The zero-order chi connectivity index (χ0) is 12.1. The van der Waals surface area contributed by atoms with Crippen LogP contribution in [0.5, 0.6) is 0 Å². The number of unbranched alkanes of at least 4 members (excludes halogenated alkanes) is 9. The molecule has 0 aromatic rings. The van der Waals surface area contributed by atoms with Crippen molar-refractivity contribution in [2.24, 2.45) is 0 Å². The number of hydrogen-bond donors (Lipinski definition) is 1. The average molecular weight is 243 g/mol. The molecule has 0 unspecified atom stereocenters. The van der Waals surface area contributed by atoms with Gasteiger partial charge in [-0.05, 0) is 13.0 Å². The molecule has 1 nitrogen and oxygen atoms in total. The molecule has 0 atom stereocenters. The molecule has 0 rings (SSSR count). The van der Waals surface area contributed by atoms with Crippen molar-refractivity contribution < 1.29 is 4.18 Å². The van der Waals surface area contributed by atoms with Gasteiger partial charge in [-0.1, -0.05) is 64.7 Å². The third kappa shape index (κ3) is 12.0. The van der Waals surface area contributed by atoms with E-state index in [2.05, 4.69) is 24.0 Å². The average Bonchev–Trinajstić information content (AvgIpc) is 2.31. The summed E-state index contributed by atoms with van der Waals surface area (Å²) in [7, 11) is 0. The third-order valence-corrected chi connectivity index (χ3v) is 3.13. The Labute approximate surface area is 107 Å². The van der Waals surface area contributed by atoms with E-state index in [4.69, 9.17) is 6.58 Å². The van der Waals surface area contributed by atoms with Gasteiger partial charge in [-0.25, -0.2) is 0 Å². The van der Waals surface area contributed by atoms with E-state index in [9.17, 15) is 0 Å². The molecule has 0 saturated heterocycles. The maximum absolute atomic E-state index is 5.50. The van der Waals surface area contributed by atoms with Crippen LogP contribution in [0, 0.1) is 6.58 Å². The van der Waals surface area contributed by atoms with Gasteiger partial charge >= 0.3 is 0 Å². The second kappa shape index (κ2) is 13.0. The molecule has 1 radical (unpaired) electrons. The van der Waals surface area contributed by atoms with Crippen molar-refractivity contribution in [2.45, 2.75) is 77.6 Å². The standard InChI is InChI=1S/C14H27OS/c1-3-4-5-6-7-8-9-10-11-12-13-14(2)15-16/h2,16H,3-13H2,1H3. The van der Waals surface area contributed by atoms with Gasteiger partial charge in [0.25, 0.3) is 0 Å². The zero-order valence-electron chi connectivity index (χ0n) is 10.7. The summed E-state index contributed by atoms with van der Waals surface area (Å²) in [6, 6.07) is 0. The number of hydrogen-bond acceptors (Lipinski definition) is 2. The molecule has 0 aliphatic rings. The summed E-state index contributed by atoms with van der Waals surface area (Å²) in [5, 5.41) is 0. The first-order valence-corrected chi connectivity index (χ1v) is 7.10. The Morgan fingerprint density at radius 3 is 1.75 bits per heavy atom. The minimum absolute atomic E-state index is 0.544. The predicted octanol–water partition coefficient (Wildman–Crippen LogP) is 5.48. The molecule has 0 bridgehead atoms. The summed E-state index contributed by atoms with van der Waals surface area (Å²) in [4.78, 5) is 0. The second-order valence-electron chi connectivity index (χ2n) is 4.49. The highest BCUT2D eigenvalue weighted by molar-refractivity contribution is 7.75. The monoisotopic (exact) mass is 243 g/mol. The van der Waals surface area contributed by atoms with E-state index < -0.39 is 0 Å². The fourth-order valence-corrected chi connectivity index (χ4v) is 1.92. The van der Waals surface area contributed by atoms with Gasteiger partial charge in [0.2, 0.25) is 0 Å². The molecule has 0 aromatic heterocycles. The lowest BCUT2D eigenvalue weighted by Crippen LogP contribution is -1.84. The van der Waals surface area contributed by atoms with Gasteiger partial charge in [0.05, 0.1) is 0 Å². The van der Waals surface area contributed by atoms with Crippen LogP contribution in [0.2, 0.25) is 0 Å². The molecule has 0 spiro atoms. The lowest BCUT2D eigenvalue weighted by molar-refractivity contribution is 0.461. The van der Waals surface area contributed by atoms with Crippen LogP contribution in [-0.2, 0) is 4.18 Å². The van der Waals surface area contributed by atoms with Crippen molar-refractivity contribution in [3.63, 3.8) is 0 Å². The van der Waals surface area contributed by atoms with E-state index in [1.165, 1.54) is 57.8 Å². The van der Waals surface area contributed by atoms with Crippen LogP contribution in [0.4, 0.5) is 0 Å². The van der Waals surface area contributed by atoms with Crippen molar-refractivity contribution in [1.29, 1.82) is 0 Å². The van der Waals surface area contributed by atoms with Gasteiger partial charge in [-0.15, -0.1) is 0 Å². The van der Waals surface area contributed by atoms with Crippen LogP contribution >= 0.6 is 12.9 Å². The minimum atomic E-state index is 0.544. The van der Waals surface area contributed by atoms with Crippen LogP contribution < -0.4 is 0 Å². The van der Waals surface area contributed by atoms with Gasteiger partial charge in [-0.3, -0.25) is 0 Å². The zero-order valence-corrected chi connectivity index (χ0v) is 11.6. The number of thiol groups is 1. The normalized spacial score (nSPS) is 10.4. The van der Waals surface area contributed by atoms with Crippen molar-refractivity contribution >= 4 is 12.9 Å². The molecule has 0 heterocycles. The minimum Gasteiger partial charge on any atom is -0.433 e. The van der Waals surface area contributed by atoms with Gasteiger partial charge in [-0.2, -0.15) is 0 Å². The van der Waals surface area contributed by atoms with Gasteiger partial charge in [0.1, 0.15) is 5.76 Å². The van der Waals surface area contributed by atoms with E-state index >= 15 is 0 Å². The molecular weight excluding hydrogens is 216 g/mol. The Kier molecular flexibility index (Phi) is 12.9. The molecular formula is C14H27OS. The Bertz CT molecular complexity index is 157. The van der Waals surface area contributed by atoms with E-state index in [1.807, 2.05) is 0 Å². The molecule has 2 heteroatoms. The Morgan fingerprint density at radius 1 is 0.875 bits per heavy atom. The molecule has 0 aromatic carbocycles. The van der Waals surface area contributed by atoms with Gasteiger partial charge < -0.3 is 4.18 Å². The first-order chi connectivity index (χ1) is 7.81. The largest absolute Gasteiger partial charge is 0.433 e. The molecule has 95 valence electrons. The summed E-state index contributed by atoms with van der Waals surface area (Å²) in [5.74, 6) is 0.544. The van der Waals surface area contributed by atoms with Crippen molar-refractivity contribution in [3.05, 3.63) is 12.3 Å². The lowest BCUT2D eigenvalue weighted by Gasteiger charge is -2.03. The second-order valence-corrected chi connectivity index (χ2v) is 4.67. The summed E-state index contributed by atoms with van der Waals surface area (Å²) in [6.07, 6.45) is 14.3. The molecule has 0 saturated carbocycles. The quantitative estimate of drug-likeness (QED) is 0.207. The van der Waals surface area contributed by atoms with Crippen LogP contribution in [0.1, 0.15) is 77.6 Å². The topological polar surface area (TPSA) is 9.23 Å². The highest BCUT2D eigenvalue weighted by atomic mass is 32.1. The van der Waals surface area contributed by atoms with Crippen molar-refractivity contribution in [2.75, 3.05) is 0 Å². The Hall–Kier alpha value is -0.110. The maximum Gasteiger partial charge on any atom is 0.114 e. The van der Waals surface area contributed by atoms with E-state index in [0.717, 1.165) is 12.8 Å². The lowest BCUT2D eigenvalue weighted by atomic mass is 10.1. The van der Waals surface area contributed by atoms with E-state index in [0.29, 0.717) is 5.76 Å². The summed E-state index contributed by atoms with van der Waals surface area (Å²) in [5.41, 5.74) is 0. The molecule has 16 heavy (non-hydrogen) atoms.